The predicted molar refractivity (Wildman–Crippen MR) is 71.2 cm³/mol. The molecular formula is C12H12BNO2S. The van der Waals surface area contributed by atoms with Gasteiger partial charge in [-0.2, -0.15) is 0 Å². The van der Waals surface area contributed by atoms with Crippen LogP contribution in [0.4, 0.5) is 5.69 Å². The molecule has 4 N–H and O–H groups in total. The Morgan fingerprint density at radius 2 is 1.65 bits per heavy atom. The molecule has 3 nitrogen and oxygen atoms in total. The lowest BCUT2D eigenvalue weighted by molar-refractivity contribution is 0.426. The van der Waals surface area contributed by atoms with E-state index in [4.69, 9.17) is 15.8 Å². The number of nitrogens with two attached hydrogens (primary N) is 1. The molecule has 0 aliphatic carbocycles. The van der Waals surface area contributed by atoms with Gasteiger partial charge in [-0.05, 0) is 24.3 Å². The number of nitrogen functional groups attached to an aromatic ring is 1. The highest BCUT2D eigenvalue weighted by Gasteiger charge is 2.14. The largest absolute Gasteiger partial charge is 0.490 e. The maximum absolute atomic E-state index is 9.05. The van der Waals surface area contributed by atoms with Crippen molar-refractivity contribution in [1.82, 2.24) is 0 Å². The first kappa shape index (κ1) is 12.0. The van der Waals surface area contributed by atoms with Gasteiger partial charge < -0.3 is 15.8 Å². The molecule has 0 heterocycles. The second-order valence-corrected chi connectivity index (χ2v) is 4.73. The van der Waals surface area contributed by atoms with Gasteiger partial charge in [-0.1, -0.05) is 36.0 Å². The van der Waals surface area contributed by atoms with E-state index in [1.165, 1.54) is 0 Å². The summed E-state index contributed by atoms with van der Waals surface area (Å²) in [7, 11) is -1.52. The van der Waals surface area contributed by atoms with Crippen LogP contribution in [0.5, 0.6) is 0 Å². The van der Waals surface area contributed by atoms with E-state index in [0.29, 0.717) is 11.2 Å². The van der Waals surface area contributed by atoms with Gasteiger partial charge in [0.25, 0.3) is 0 Å². The summed E-state index contributed by atoms with van der Waals surface area (Å²) >= 11 is 1.58. The molecular weight excluding hydrogens is 233 g/mol. The maximum atomic E-state index is 9.05. The summed E-state index contributed by atoms with van der Waals surface area (Å²) in [4.78, 5) is 2.09. The zero-order valence-electron chi connectivity index (χ0n) is 9.08. The van der Waals surface area contributed by atoms with E-state index in [1.54, 1.807) is 23.9 Å². The van der Waals surface area contributed by atoms with E-state index >= 15 is 0 Å². The third-order valence-electron chi connectivity index (χ3n) is 2.32. The zero-order chi connectivity index (χ0) is 12.3. The Kier molecular flexibility index (Phi) is 3.73. The molecule has 0 saturated carbocycles. The van der Waals surface area contributed by atoms with Crippen LogP contribution in [0.15, 0.2) is 58.3 Å². The van der Waals surface area contributed by atoms with Gasteiger partial charge in [-0.25, -0.2) is 0 Å². The van der Waals surface area contributed by atoms with Crippen molar-refractivity contribution in [3.05, 3.63) is 48.5 Å². The Labute approximate surface area is 104 Å². The second kappa shape index (κ2) is 5.27. The summed E-state index contributed by atoms with van der Waals surface area (Å²) in [5, 5.41) is 18.1. The Bertz CT molecular complexity index is 505. The molecule has 0 unspecified atom stereocenters. The number of hydrogen-bond acceptors (Lipinski definition) is 4. The van der Waals surface area contributed by atoms with Crippen molar-refractivity contribution in [2.75, 3.05) is 5.73 Å². The monoisotopic (exact) mass is 245 g/mol. The number of anilines is 1. The lowest BCUT2D eigenvalue weighted by Gasteiger charge is -2.07. The molecule has 86 valence electrons. The zero-order valence-corrected chi connectivity index (χ0v) is 9.89. The Balaban J connectivity index is 2.21. The first-order chi connectivity index (χ1) is 8.16. The Hall–Kier alpha value is -1.43. The topological polar surface area (TPSA) is 66.5 Å². The molecule has 0 aromatic heterocycles. The van der Waals surface area contributed by atoms with Crippen LogP contribution in [-0.4, -0.2) is 17.2 Å². The first-order valence-corrected chi connectivity index (χ1v) is 5.97. The summed E-state index contributed by atoms with van der Waals surface area (Å²) in [5.74, 6) is 0. The van der Waals surface area contributed by atoms with Crippen LogP contribution >= 0.6 is 11.8 Å². The molecule has 0 bridgehead atoms. The van der Waals surface area contributed by atoms with E-state index < -0.39 is 7.12 Å². The highest BCUT2D eigenvalue weighted by atomic mass is 32.2. The first-order valence-electron chi connectivity index (χ1n) is 5.15. The van der Waals surface area contributed by atoms with Crippen molar-refractivity contribution in [2.24, 2.45) is 0 Å². The molecule has 17 heavy (non-hydrogen) atoms. The van der Waals surface area contributed by atoms with Crippen molar-refractivity contribution in [3.63, 3.8) is 0 Å². The van der Waals surface area contributed by atoms with Crippen molar-refractivity contribution >= 4 is 30.0 Å². The summed E-state index contributed by atoms with van der Waals surface area (Å²) < 4.78 is 0. The van der Waals surface area contributed by atoms with Gasteiger partial charge in [0.05, 0.1) is 0 Å². The molecule has 0 amide bonds. The van der Waals surface area contributed by atoms with Crippen LogP contribution in [0, 0.1) is 0 Å². The summed E-state index contributed by atoms with van der Waals surface area (Å²) in [6.45, 7) is 0. The van der Waals surface area contributed by atoms with Crippen molar-refractivity contribution < 1.29 is 10.0 Å². The van der Waals surface area contributed by atoms with E-state index in [0.717, 1.165) is 9.79 Å². The lowest BCUT2D eigenvalue weighted by Crippen LogP contribution is -2.32. The van der Waals surface area contributed by atoms with Crippen LogP contribution in [0.3, 0.4) is 0 Å². The third-order valence-corrected chi connectivity index (χ3v) is 3.31. The van der Waals surface area contributed by atoms with E-state index in [-0.39, 0.29) is 0 Å². The number of rotatable bonds is 3. The second-order valence-electron chi connectivity index (χ2n) is 3.58. The van der Waals surface area contributed by atoms with Gasteiger partial charge >= 0.3 is 7.12 Å². The minimum Gasteiger partial charge on any atom is -0.423 e. The van der Waals surface area contributed by atoms with Gasteiger partial charge in [0.15, 0.2) is 0 Å². The quantitative estimate of drug-likeness (QED) is 0.559. The van der Waals surface area contributed by atoms with Crippen LogP contribution in [0.1, 0.15) is 0 Å². The van der Waals surface area contributed by atoms with Gasteiger partial charge in [0.2, 0.25) is 0 Å². The summed E-state index contributed by atoms with van der Waals surface area (Å²) in [5.41, 5.74) is 6.47. The highest BCUT2D eigenvalue weighted by Crippen LogP contribution is 2.27. The van der Waals surface area contributed by atoms with E-state index in [9.17, 15) is 0 Å². The molecule has 5 heteroatoms. The van der Waals surface area contributed by atoms with Gasteiger partial charge in [-0.3, -0.25) is 0 Å². The molecule has 2 rings (SSSR count). The fourth-order valence-electron chi connectivity index (χ4n) is 1.48. The standard InChI is InChI=1S/C12H12BNO2S/c14-12-8-10(6-7-11(12)13(15)16)17-9-4-2-1-3-5-9/h1-8,15-16H,14H2. The van der Waals surface area contributed by atoms with E-state index in [2.05, 4.69) is 0 Å². The van der Waals surface area contributed by atoms with Crippen LogP contribution in [-0.2, 0) is 0 Å². The Morgan fingerprint density at radius 1 is 0.941 bits per heavy atom. The molecule has 0 saturated heterocycles. The van der Waals surface area contributed by atoms with Crippen LogP contribution in [0.25, 0.3) is 0 Å². The fourth-order valence-corrected chi connectivity index (χ4v) is 2.36. The maximum Gasteiger partial charge on any atom is 0.490 e. The van der Waals surface area contributed by atoms with Crippen molar-refractivity contribution in [3.8, 4) is 0 Å². The molecule has 2 aromatic rings. The Morgan fingerprint density at radius 3 is 2.24 bits per heavy atom. The molecule has 0 aliphatic rings. The van der Waals surface area contributed by atoms with Gasteiger partial charge in [0, 0.05) is 20.9 Å². The SMILES string of the molecule is Nc1cc(Sc2ccccc2)ccc1B(O)O. The molecule has 0 spiro atoms. The summed E-state index contributed by atoms with van der Waals surface area (Å²) in [6, 6.07) is 15.1. The number of hydrogen-bond donors (Lipinski definition) is 3. The number of benzene rings is 2. The van der Waals surface area contributed by atoms with Crippen molar-refractivity contribution in [2.45, 2.75) is 9.79 Å². The van der Waals surface area contributed by atoms with Crippen molar-refractivity contribution in [1.29, 1.82) is 0 Å². The average Bonchev–Trinajstić information content (AvgIpc) is 2.30. The fraction of sp³-hybridized carbons (Fsp3) is 0. The molecule has 0 aliphatic heterocycles. The normalized spacial score (nSPS) is 10.2. The smallest absolute Gasteiger partial charge is 0.423 e. The van der Waals surface area contributed by atoms with Gasteiger partial charge in [-0.15, -0.1) is 0 Å². The molecule has 0 radical (unpaired) electrons. The predicted octanol–water partition coefficient (Wildman–Crippen LogP) is 1.10. The van der Waals surface area contributed by atoms with Crippen LogP contribution < -0.4 is 11.2 Å². The summed E-state index contributed by atoms with van der Waals surface area (Å²) in [6.07, 6.45) is 0. The third kappa shape index (κ3) is 3.03. The highest BCUT2D eigenvalue weighted by molar-refractivity contribution is 7.99. The molecule has 0 atom stereocenters. The molecule has 0 fully saturated rings. The lowest BCUT2D eigenvalue weighted by atomic mass is 9.79. The molecule has 2 aromatic carbocycles. The average molecular weight is 245 g/mol. The minimum atomic E-state index is -1.52. The van der Waals surface area contributed by atoms with Gasteiger partial charge in [0.1, 0.15) is 0 Å². The van der Waals surface area contributed by atoms with Crippen LogP contribution in [0.2, 0.25) is 0 Å². The van der Waals surface area contributed by atoms with E-state index in [1.807, 2.05) is 36.4 Å². The minimum absolute atomic E-state index is 0.336.